The van der Waals surface area contributed by atoms with Crippen molar-refractivity contribution in [2.45, 2.75) is 0 Å². The number of hydrogen-bond acceptors (Lipinski definition) is 2. The third-order valence-electron chi connectivity index (χ3n) is 12.2. The minimum absolute atomic E-state index is 1.09. The molecular formula is C58H38N2S. The fourth-order valence-corrected chi connectivity index (χ4v) is 10.3. The lowest BCUT2D eigenvalue weighted by atomic mass is 10.00. The summed E-state index contributed by atoms with van der Waals surface area (Å²) in [7, 11) is 0. The minimum Gasteiger partial charge on any atom is -0.310 e. The van der Waals surface area contributed by atoms with Gasteiger partial charge in [-0.05, 0) is 123 Å². The van der Waals surface area contributed by atoms with E-state index >= 15 is 0 Å². The maximum absolute atomic E-state index is 2.39. The molecule has 0 atom stereocenters. The first-order chi connectivity index (χ1) is 30.2. The van der Waals surface area contributed by atoms with Crippen molar-refractivity contribution >= 4 is 81.1 Å². The van der Waals surface area contributed by atoms with Gasteiger partial charge in [0.2, 0.25) is 0 Å². The first-order valence-corrected chi connectivity index (χ1v) is 21.6. The molecule has 10 aromatic carbocycles. The smallest absolute Gasteiger partial charge is 0.0541 e. The molecule has 61 heavy (non-hydrogen) atoms. The Hall–Kier alpha value is -7.72. The lowest BCUT2D eigenvalue weighted by molar-refractivity contribution is 1.18. The summed E-state index contributed by atoms with van der Waals surface area (Å²) in [6, 6.07) is 84.2. The van der Waals surface area contributed by atoms with E-state index < -0.39 is 0 Å². The number of hydrogen-bond donors (Lipinski definition) is 0. The topological polar surface area (TPSA) is 8.17 Å². The Morgan fingerprint density at radius 3 is 1.54 bits per heavy atom. The number of para-hydroxylation sites is 2. The van der Waals surface area contributed by atoms with E-state index in [4.69, 9.17) is 0 Å². The summed E-state index contributed by atoms with van der Waals surface area (Å²) < 4.78 is 5.03. The average molecular weight is 795 g/mol. The molecule has 0 saturated heterocycles. The van der Waals surface area contributed by atoms with E-state index in [9.17, 15) is 0 Å². The largest absolute Gasteiger partial charge is 0.310 e. The molecule has 0 radical (unpaired) electrons. The van der Waals surface area contributed by atoms with Gasteiger partial charge >= 0.3 is 0 Å². The quantitative estimate of drug-likeness (QED) is 0.156. The Kier molecular flexibility index (Phi) is 8.39. The second kappa shape index (κ2) is 14.5. The lowest BCUT2D eigenvalue weighted by Gasteiger charge is -2.26. The van der Waals surface area contributed by atoms with Gasteiger partial charge in [-0.1, -0.05) is 152 Å². The Balaban J connectivity index is 0.931. The Morgan fingerprint density at radius 2 is 0.820 bits per heavy atom. The molecule has 0 saturated carbocycles. The molecule has 0 aliphatic heterocycles. The third-order valence-corrected chi connectivity index (χ3v) is 13.3. The van der Waals surface area contributed by atoms with E-state index in [-0.39, 0.29) is 0 Å². The van der Waals surface area contributed by atoms with E-state index in [0.717, 1.165) is 22.7 Å². The van der Waals surface area contributed by atoms with E-state index in [1.807, 2.05) is 11.3 Å². The highest BCUT2D eigenvalue weighted by Gasteiger charge is 2.16. The van der Waals surface area contributed by atoms with Gasteiger partial charge in [-0.25, -0.2) is 0 Å². The number of thiophene rings is 1. The van der Waals surface area contributed by atoms with Crippen LogP contribution in [0.3, 0.4) is 0 Å². The van der Waals surface area contributed by atoms with E-state index in [2.05, 4.69) is 240 Å². The van der Waals surface area contributed by atoms with Gasteiger partial charge in [-0.3, -0.25) is 0 Å². The molecule has 0 spiro atoms. The second-order valence-electron chi connectivity index (χ2n) is 15.8. The van der Waals surface area contributed by atoms with E-state index in [1.165, 1.54) is 86.1 Å². The van der Waals surface area contributed by atoms with Gasteiger partial charge in [-0.2, -0.15) is 0 Å². The zero-order chi connectivity index (χ0) is 40.3. The molecule has 2 heterocycles. The number of fused-ring (bicyclic) bond motifs is 7. The van der Waals surface area contributed by atoms with Crippen molar-refractivity contribution in [3.05, 3.63) is 231 Å². The van der Waals surface area contributed by atoms with Gasteiger partial charge in [0.1, 0.15) is 0 Å². The van der Waals surface area contributed by atoms with Crippen LogP contribution in [0, 0.1) is 0 Å². The number of nitrogens with zero attached hydrogens (tertiary/aromatic N) is 2. The van der Waals surface area contributed by atoms with Gasteiger partial charge in [0.15, 0.2) is 0 Å². The Bertz CT molecular complexity index is 3540. The van der Waals surface area contributed by atoms with Crippen LogP contribution in [0.5, 0.6) is 0 Å². The third kappa shape index (κ3) is 6.18. The maximum atomic E-state index is 2.39. The highest BCUT2D eigenvalue weighted by Crippen LogP contribution is 2.41. The molecule has 0 bridgehead atoms. The first kappa shape index (κ1) is 35.2. The second-order valence-corrected chi connectivity index (χ2v) is 16.9. The monoisotopic (exact) mass is 794 g/mol. The van der Waals surface area contributed by atoms with E-state index in [1.54, 1.807) is 0 Å². The minimum atomic E-state index is 1.09. The number of benzene rings is 10. The Labute approximate surface area is 358 Å². The van der Waals surface area contributed by atoms with Crippen LogP contribution in [0.25, 0.3) is 91.8 Å². The molecule has 0 aliphatic carbocycles. The highest BCUT2D eigenvalue weighted by atomic mass is 32.1. The average Bonchev–Trinajstić information content (AvgIpc) is 3.88. The molecule has 286 valence electrons. The van der Waals surface area contributed by atoms with Crippen molar-refractivity contribution in [3.63, 3.8) is 0 Å². The van der Waals surface area contributed by atoms with Crippen molar-refractivity contribution in [1.82, 2.24) is 4.57 Å². The normalized spacial score (nSPS) is 11.6. The molecule has 2 aromatic heterocycles. The van der Waals surface area contributed by atoms with Crippen LogP contribution in [0.4, 0.5) is 17.1 Å². The fraction of sp³-hybridized carbons (Fsp3) is 0. The van der Waals surface area contributed by atoms with Crippen LogP contribution in [0.2, 0.25) is 0 Å². The molecule has 12 aromatic rings. The molecule has 0 unspecified atom stereocenters. The van der Waals surface area contributed by atoms with Crippen molar-refractivity contribution in [3.8, 4) is 39.1 Å². The summed E-state index contributed by atoms with van der Waals surface area (Å²) >= 11 is 1.86. The van der Waals surface area contributed by atoms with Crippen LogP contribution in [-0.2, 0) is 0 Å². The predicted molar refractivity (Wildman–Crippen MR) is 262 cm³/mol. The van der Waals surface area contributed by atoms with Gasteiger partial charge in [0.25, 0.3) is 0 Å². The maximum Gasteiger partial charge on any atom is 0.0541 e. The van der Waals surface area contributed by atoms with E-state index in [0.29, 0.717) is 0 Å². The van der Waals surface area contributed by atoms with Crippen LogP contribution >= 0.6 is 11.3 Å². The van der Waals surface area contributed by atoms with Gasteiger partial charge in [0, 0.05) is 53.7 Å². The molecule has 0 amide bonds. The molecule has 2 nitrogen and oxygen atoms in total. The van der Waals surface area contributed by atoms with Crippen molar-refractivity contribution in [2.24, 2.45) is 0 Å². The highest BCUT2D eigenvalue weighted by molar-refractivity contribution is 7.25. The van der Waals surface area contributed by atoms with Crippen LogP contribution in [0.1, 0.15) is 0 Å². The SMILES string of the molecule is c1cc(-c2ccc3ccccc3c2)cc(N(c2ccc(-c3cccc(-n4c5ccccc5c5ccccc54)c3)cc2)c2ccc(-c3ccc4c(c3)sc3ccccc34)cc2)c1. The van der Waals surface area contributed by atoms with Crippen LogP contribution in [-0.4, -0.2) is 4.57 Å². The van der Waals surface area contributed by atoms with Gasteiger partial charge in [-0.15, -0.1) is 11.3 Å². The van der Waals surface area contributed by atoms with Crippen molar-refractivity contribution in [2.75, 3.05) is 4.90 Å². The van der Waals surface area contributed by atoms with Gasteiger partial charge in [0.05, 0.1) is 11.0 Å². The standard InChI is InChI=1S/C58H38N2S/c1-2-12-42-35-45(24-23-39(42)11-1)44-14-10-15-49(37-44)59(48-32-27-41(28-33-48)46-29-34-54-53-19-5-8-22-57(53)61-58(54)38-46)47-30-25-40(26-31-47)43-13-9-16-50(36-43)60-55-20-6-3-17-51(55)52-18-4-7-21-56(52)60/h1-38H. The van der Waals surface area contributed by atoms with Crippen LogP contribution < -0.4 is 4.90 Å². The lowest BCUT2D eigenvalue weighted by Crippen LogP contribution is -2.10. The number of rotatable bonds is 7. The van der Waals surface area contributed by atoms with Gasteiger partial charge < -0.3 is 9.47 Å². The first-order valence-electron chi connectivity index (χ1n) is 20.8. The molecule has 12 rings (SSSR count). The summed E-state index contributed by atoms with van der Waals surface area (Å²) in [6.07, 6.45) is 0. The molecule has 0 fully saturated rings. The Morgan fingerprint density at radius 1 is 0.295 bits per heavy atom. The number of anilines is 3. The van der Waals surface area contributed by atoms with Crippen LogP contribution in [0.15, 0.2) is 231 Å². The number of aromatic nitrogens is 1. The summed E-state index contributed by atoms with van der Waals surface area (Å²) in [5.74, 6) is 0. The zero-order valence-corrected chi connectivity index (χ0v) is 34.1. The summed E-state index contributed by atoms with van der Waals surface area (Å²) in [5, 5.41) is 7.67. The molecule has 0 N–H and O–H groups in total. The fourth-order valence-electron chi connectivity index (χ4n) is 9.18. The summed E-state index contributed by atoms with van der Waals surface area (Å²) in [4.78, 5) is 2.38. The van der Waals surface area contributed by atoms with Crippen molar-refractivity contribution < 1.29 is 0 Å². The molecule has 3 heteroatoms. The summed E-state index contributed by atoms with van der Waals surface area (Å²) in [6.45, 7) is 0. The zero-order valence-electron chi connectivity index (χ0n) is 33.2. The predicted octanol–water partition coefficient (Wildman–Crippen LogP) is 16.8. The summed E-state index contributed by atoms with van der Waals surface area (Å²) in [5.41, 5.74) is 14.0. The molecule has 0 aliphatic rings. The molecular weight excluding hydrogens is 757 g/mol. The van der Waals surface area contributed by atoms with Crippen molar-refractivity contribution in [1.29, 1.82) is 0 Å².